The van der Waals surface area contributed by atoms with Crippen LogP contribution in [0.1, 0.15) is 36.5 Å². The topological polar surface area (TPSA) is 102 Å². The van der Waals surface area contributed by atoms with E-state index in [1.54, 1.807) is 31.2 Å². The Kier molecular flexibility index (Phi) is 6.43. The molecule has 0 bridgehead atoms. The molecular weight excluding hydrogens is 374 g/mol. The van der Waals surface area contributed by atoms with Crippen LogP contribution in [0.5, 0.6) is 5.75 Å². The van der Waals surface area contributed by atoms with Crippen molar-refractivity contribution in [3.05, 3.63) is 64.2 Å². The van der Waals surface area contributed by atoms with Crippen LogP contribution in [0.25, 0.3) is 0 Å². The molecule has 0 aliphatic carbocycles. The van der Waals surface area contributed by atoms with Gasteiger partial charge < -0.3 is 15.0 Å². The second-order valence-electron chi connectivity index (χ2n) is 6.93. The maximum Gasteiger partial charge on any atom is 0.269 e. The van der Waals surface area contributed by atoms with Crippen molar-refractivity contribution in [2.45, 2.75) is 32.3 Å². The predicted octanol–water partition coefficient (Wildman–Crippen LogP) is 3.63. The Hall–Kier alpha value is -3.42. The zero-order valence-corrected chi connectivity index (χ0v) is 16.2. The molecule has 1 heterocycles. The molecule has 152 valence electrons. The highest BCUT2D eigenvalue weighted by Gasteiger charge is 2.19. The van der Waals surface area contributed by atoms with E-state index < -0.39 is 11.0 Å². The van der Waals surface area contributed by atoms with E-state index in [0.29, 0.717) is 17.0 Å². The number of amides is 2. The quantitative estimate of drug-likeness (QED) is 0.592. The normalized spacial score (nSPS) is 14.7. The summed E-state index contributed by atoms with van der Waals surface area (Å²) in [6.07, 6.45) is 2.43. The minimum atomic E-state index is -0.800. The van der Waals surface area contributed by atoms with Crippen molar-refractivity contribution in [2.24, 2.45) is 0 Å². The Morgan fingerprint density at radius 3 is 2.24 bits per heavy atom. The number of piperidine rings is 1. The van der Waals surface area contributed by atoms with Gasteiger partial charge >= 0.3 is 0 Å². The number of rotatable bonds is 6. The molecule has 1 fully saturated rings. The first-order valence-corrected chi connectivity index (χ1v) is 9.55. The molecule has 1 atom stereocenters. The van der Waals surface area contributed by atoms with Gasteiger partial charge in [0, 0.05) is 36.5 Å². The summed E-state index contributed by atoms with van der Waals surface area (Å²) in [4.78, 5) is 36.9. The van der Waals surface area contributed by atoms with Crippen LogP contribution < -0.4 is 10.1 Å². The number of nitrogens with one attached hydrogen (secondary N) is 1. The van der Waals surface area contributed by atoms with E-state index in [1.807, 2.05) is 4.90 Å². The van der Waals surface area contributed by atoms with E-state index in [0.717, 1.165) is 32.4 Å². The smallest absolute Gasteiger partial charge is 0.269 e. The molecule has 2 aromatic rings. The van der Waals surface area contributed by atoms with Crippen LogP contribution in [0.2, 0.25) is 0 Å². The molecule has 29 heavy (non-hydrogen) atoms. The van der Waals surface area contributed by atoms with Gasteiger partial charge in [0.05, 0.1) is 4.92 Å². The molecule has 8 heteroatoms. The zero-order chi connectivity index (χ0) is 20.8. The first-order valence-electron chi connectivity index (χ1n) is 9.55. The maximum absolute atomic E-state index is 12.5. The Balaban J connectivity index is 1.55. The van der Waals surface area contributed by atoms with Crippen LogP contribution in [-0.4, -0.2) is 40.8 Å². The summed E-state index contributed by atoms with van der Waals surface area (Å²) in [6, 6.07) is 12.3. The summed E-state index contributed by atoms with van der Waals surface area (Å²) < 4.78 is 5.53. The molecule has 0 radical (unpaired) electrons. The number of anilines is 1. The minimum absolute atomic E-state index is 0.0115. The molecule has 1 saturated heterocycles. The molecule has 8 nitrogen and oxygen atoms in total. The molecule has 0 saturated carbocycles. The van der Waals surface area contributed by atoms with Gasteiger partial charge in [0.25, 0.3) is 17.5 Å². The zero-order valence-electron chi connectivity index (χ0n) is 16.2. The van der Waals surface area contributed by atoms with Gasteiger partial charge in [-0.25, -0.2) is 0 Å². The minimum Gasteiger partial charge on any atom is -0.481 e. The number of nitrogens with zero attached hydrogens (tertiary/aromatic N) is 2. The van der Waals surface area contributed by atoms with Crippen LogP contribution in [0.4, 0.5) is 11.4 Å². The number of benzene rings is 2. The van der Waals surface area contributed by atoms with Gasteiger partial charge in [-0.2, -0.15) is 0 Å². The second kappa shape index (κ2) is 9.18. The number of ether oxygens (including phenoxy) is 1. The van der Waals surface area contributed by atoms with Gasteiger partial charge in [0.15, 0.2) is 6.10 Å². The van der Waals surface area contributed by atoms with Crippen molar-refractivity contribution >= 4 is 23.2 Å². The highest BCUT2D eigenvalue weighted by molar-refractivity contribution is 5.96. The highest BCUT2D eigenvalue weighted by atomic mass is 16.6. The third kappa shape index (κ3) is 5.31. The number of hydrogen-bond donors (Lipinski definition) is 1. The third-order valence-corrected chi connectivity index (χ3v) is 4.77. The number of carbonyl (C=O) groups excluding carboxylic acids is 2. The highest BCUT2D eigenvalue weighted by Crippen LogP contribution is 2.19. The van der Waals surface area contributed by atoms with Crippen molar-refractivity contribution in [2.75, 3.05) is 18.4 Å². The van der Waals surface area contributed by atoms with E-state index in [9.17, 15) is 19.7 Å². The Labute approximate surface area is 168 Å². The van der Waals surface area contributed by atoms with Crippen molar-refractivity contribution < 1.29 is 19.2 Å². The van der Waals surface area contributed by atoms with Gasteiger partial charge in [-0.05, 0) is 62.6 Å². The lowest BCUT2D eigenvalue weighted by Crippen LogP contribution is -2.35. The number of nitro benzene ring substituents is 1. The summed E-state index contributed by atoms with van der Waals surface area (Å²) in [5.41, 5.74) is 1.11. The van der Waals surface area contributed by atoms with Crippen LogP contribution in [-0.2, 0) is 4.79 Å². The lowest BCUT2D eigenvalue weighted by atomic mass is 10.1. The Bertz CT molecular complexity index is 874. The average molecular weight is 397 g/mol. The number of non-ortho nitro benzene ring substituents is 1. The average Bonchev–Trinajstić information content (AvgIpc) is 2.74. The third-order valence-electron chi connectivity index (χ3n) is 4.77. The van der Waals surface area contributed by atoms with E-state index >= 15 is 0 Å². The van der Waals surface area contributed by atoms with E-state index in [-0.39, 0.29) is 17.5 Å². The molecule has 2 amide bonds. The van der Waals surface area contributed by atoms with Gasteiger partial charge in [0.2, 0.25) is 0 Å². The standard InChI is InChI=1S/C21H23N3O5/c1-15(29-19-11-9-18(10-12-19)24(27)28)20(25)22-17-7-5-16(6-8-17)21(26)23-13-3-2-4-14-23/h5-12,15H,2-4,13-14H2,1H3,(H,22,25). The lowest BCUT2D eigenvalue weighted by molar-refractivity contribution is -0.384. The van der Waals surface area contributed by atoms with Crippen molar-refractivity contribution in [1.82, 2.24) is 4.90 Å². The fourth-order valence-electron chi connectivity index (χ4n) is 3.12. The van der Waals surface area contributed by atoms with Crippen LogP contribution in [0.15, 0.2) is 48.5 Å². The predicted molar refractivity (Wildman–Crippen MR) is 108 cm³/mol. The number of likely N-dealkylation sites (tertiary alicyclic amines) is 1. The summed E-state index contributed by atoms with van der Waals surface area (Å²) in [6.45, 7) is 3.16. The fourth-order valence-corrected chi connectivity index (χ4v) is 3.12. The monoisotopic (exact) mass is 397 g/mol. The van der Waals surface area contributed by atoms with Gasteiger partial charge in [-0.1, -0.05) is 0 Å². The summed E-state index contributed by atoms with van der Waals surface area (Å²) in [7, 11) is 0. The molecule has 1 aliphatic heterocycles. The molecule has 1 N–H and O–H groups in total. The van der Waals surface area contributed by atoms with Crippen LogP contribution in [0, 0.1) is 10.1 Å². The molecular formula is C21H23N3O5. The first kappa shape index (κ1) is 20.3. The molecule has 1 unspecified atom stereocenters. The van der Waals surface area contributed by atoms with E-state index in [1.165, 1.54) is 24.3 Å². The number of carbonyl (C=O) groups is 2. The largest absolute Gasteiger partial charge is 0.481 e. The first-order chi connectivity index (χ1) is 13.9. The molecule has 3 rings (SSSR count). The Morgan fingerprint density at radius 1 is 1.03 bits per heavy atom. The van der Waals surface area contributed by atoms with Crippen LogP contribution >= 0.6 is 0 Å². The molecule has 0 spiro atoms. The van der Waals surface area contributed by atoms with Gasteiger partial charge in [-0.3, -0.25) is 19.7 Å². The van der Waals surface area contributed by atoms with Gasteiger partial charge in [0.1, 0.15) is 5.75 Å². The molecule has 0 aromatic heterocycles. The van der Waals surface area contributed by atoms with Crippen LogP contribution in [0.3, 0.4) is 0 Å². The second-order valence-corrected chi connectivity index (χ2v) is 6.93. The summed E-state index contributed by atoms with van der Waals surface area (Å²) in [5, 5.41) is 13.4. The van der Waals surface area contributed by atoms with Gasteiger partial charge in [-0.15, -0.1) is 0 Å². The number of nitro groups is 1. The fraction of sp³-hybridized carbons (Fsp3) is 0.333. The summed E-state index contributed by atoms with van der Waals surface area (Å²) >= 11 is 0. The molecule has 1 aliphatic rings. The van der Waals surface area contributed by atoms with Crippen molar-refractivity contribution in [1.29, 1.82) is 0 Å². The lowest BCUT2D eigenvalue weighted by Gasteiger charge is -2.26. The molecule has 2 aromatic carbocycles. The SMILES string of the molecule is CC(Oc1ccc([N+](=O)[O-])cc1)C(=O)Nc1ccc(C(=O)N2CCCCC2)cc1. The van der Waals surface area contributed by atoms with E-state index in [2.05, 4.69) is 5.32 Å². The van der Waals surface area contributed by atoms with Crippen molar-refractivity contribution in [3.63, 3.8) is 0 Å². The van der Waals surface area contributed by atoms with E-state index in [4.69, 9.17) is 4.74 Å². The summed E-state index contributed by atoms with van der Waals surface area (Å²) in [5.74, 6) is 0.0108. The number of hydrogen-bond acceptors (Lipinski definition) is 5. The maximum atomic E-state index is 12.5. The van der Waals surface area contributed by atoms with Crippen molar-refractivity contribution in [3.8, 4) is 5.75 Å². The Morgan fingerprint density at radius 2 is 1.66 bits per heavy atom.